The number of ketones is 1. The number of esters is 1. The van der Waals surface area contributed by atoms with Gasteiger partial charge in [0.2, 0.25) is 5.78 Å². The summed E-state index contributed by atoms with van der Waals surface area (Å²) in [6.45, 7) is 8.53. The minimum Gasteiger partial charge on any atom is -0.454 e. The van der Waals surface area contributed by atoms with E-state index >= 15 is 0 Å². The number of hydrogen-bond acceptors (Lipinski definition) is 5. The Hall–Kier alpha value is -2.69. The first-order chi connectivity index (χ1) is 11.2. The number of carbonyl (C=O) groups excluding carboxylic acids is 2. The van der Waals surface area contributed by atoms with Gasteiger partial charge >= 0.3 is 11.6 Å². The van der Waals surface area contributed by atoms with E-state index in [1.807, 2.05) is 26.8 Å². The fourth-order valence-corrected chi connectivity index (χ4v) is 2.60. The number of ether oxygens (including phenoxy) is 1. The van der Waals surface area contributed by atoms with E-state index in [-0.39, 0.29) is 23.7 Å². The van der Waals surface area contributed by atoms with E-state index in [9.17, 15) is 14.4 Å². The summed E-state index contributed by atoms with van der Waals surface area (Å²) in [6, 6.07) is 4.96. The van der Waals surface area contributed by atoms with Crippen molar-refractivity contribution in [2.75, 3.05) is 6.61 Å². The number of rotatable bonds is 4. The fraction of sp³-hybridized carbons (Fsp3) is 0.316. The molecule has 126 valence electrons. The molecule has 2 aromatic rings. The van der Waals surface area contributed by atoms with Crippen molar-refractivity contribution in [3.05, 3.63) is 67.8 Å². The molecule has 0 spiro atoms. The third kappa shape index (κ3) is 3.62. The maximum Gasteiger partial charge on any atom is 0.342 e. The van der Waals surface area contributed by atoms with Crippen LogP contribution in [0.3, 0.4) is 0 Å². The predicted molar refractivity (Wildman–Crippen MR) is 89.7 cm³/mol. The Labute approximate surface area is 140 Å². The molecule has 0 atom stereocenters. The maximum atomic E-state index is 12.3. The Kier molecular flexibility index (Phi) is 5.02. The first-order valence-corrected chi connectivity index (χ1v) is 7.60. The molecule has 0 aliphatic carbocycles. The normalized spacial score (nSPS) is 10.5. The van der Waals surface area contributed by atoms with Crippen LogP contribution in [0, 0.1) is 34.6 Å². The van der Waals surface area contributed by atoms with Crippen LogP contribution in [-0.2, 0) is 4.74 Å². The molecule has 0 unspecified atom stereocenters. The van der Waals surface area contributed by atoms with E-state index in [4.69, 9.17) is 9.15 Å². The lowest BCUT2D eigenvalue weighted by atomic mass is 9.98. The molecule has 0 saturated carbocycles. The zero-order valence-corrected chi connectivity index (χ0v) is 14.5. The van der Waals surface area contributed by atoms with Crippen LogP contribution in [0.25, 0.3) is 0 Å². The van der Waals surface area contributed by atoms with Gasteiger partial charge in [0.1, 0.15) is 11.3 Å². The lowest BCUT2D eigenvalue weighted by Gasteiger charge is -2.11. The number of aryl methyl sites for hydroxylation is 5. The molecular weight excluding hydrogens is 308 g/mol. The highest BCUT2D eigenvalue weighted by atomic mass is 16.5. The minimum absolute atomic E-state index is 0.180. The van der Waals surface area contributed by atoms with E-state index < -0.39 is 11.6 Å². The third-order valence-electron chi connectivity index (χ3n) is 4.01. The molecule has 1 aromatic heterocycles. The molecule has 0 aliphatic rings. The van der Waals surface area contributed by atoms with Gasteiger partial charge in [-0.15, -0.1) is 0 Å². The average molecular weight is 328 g/mol. The average Bonchev–Trinajstić information content (AvgIpc) is 2.47. The van der Waals surface area contributed by atoms with Crippen molar-refractivity contribution in [3.63, 3.8) is 0 Å². The van der Waals surface area contributed by atoms with Crippen molar-refractivity contribution in [2.45, 2.75) is 34.6 Å². The van der Waals surface area contributed by atoms with E-state index in [0.717, 1.165) is 16.7 Å². The summed E-state index contributed by atoms with van der Waals surface area (Å²) in [7, 11) is 0. The molecule has 24 heavy (non-hydrogen) atoms. The highest BCUT2D eigenvalue weighted by Gasteiger charge is 2.19. The third-order valence-corrected chi connectivity index (χ3v) is 4.01. The summed E-state index contributed by atoms with van der Waals surface area (Å²) in [5.74, 6) is -0.764. The summed E-state index contributed by atoms with van der Waals surface area (Å²) in [5.41, 5.74) is 3.61. The summed E-state index contributed by atoms with van der Waals surface area (Å²) in [6.07, 6.45) is 0. The Morgan fingerprint density at radius 3 is 2.17 bits per heavy atom. The summed E-state index contributed by atoms with van der Waals surface area (Å²) >= 11 is 0. The molecule has 5 heteroatoms. The first-order valence-electron chi connectivity index (χ1n) is 7.60. The molecule has 2 rings (SSSR count). The van der Waals surface area contributed by atoms with Gasteiger partial charge in [-0.3, -0.25) is 4.79 Å². The van der Waals surface area contributed by atoms with Gasteiger partial charge < -0.3 is 9.15 Å². The predicted octanol–water partition coefficient (Wildman–Crippen LogP) is 3.22. The van der Waals surface area contributed by atoms with E-state index in [1.54, 1.807) is 13.0 Å². The van der Waals surface area contributed by atoms with Gasteiger partial charge in [0.25, 0.3) is 0 Å². The van der Waals surface area contributed by atoms with Crippen LogP contribution < -0.4 is 5.63 Å². The van der Waals surface area contributed by atoms with Crippen molar-refractivity contribution < 1.29 is 18.7 Å². The van der Waals surface area contributed by atoms with Crippen LogP contribution in [0.4, 0.5) is 0 Å². The van der Waals surface area contributed by atoms with Crippen LogP contribution in [-0.4, -0.2) is 18.4 Å². The molecule has 1 heterocycles. The van der Waals surface area contributed by atoms with Crippen LogP contribution >= 0.6 is 0 Å². The van der Waals surface area contributed by atoms with Crippen molar-refractivity contribution in [2.24, 2.45) is 0 Å². The van der Waals surface area contributed by atoms with Crippen molar-refractivity contribution >= 4 is 11.8 Å². The molecule has 0 fully saturated rings. The summed E-state index contributed by atoms with van der Waals surface area (Å²) < 4.78 is 10.0. The molecule has 1 aromatic carbocycles. The SMILES string of the molecule is Cc1cc(C)c(C(=O)COC(=O)c2c(C)cc(=O)oc2C)cc1C. The Bertz CT molecular complexity index is 848. The van der Waals surface area contributed by atoms with Gasteiger partial charge in [-0.05, 0) is 62.9 Å². The van der Waals surface area contributed by atoms with Crippen molar-refractivity contribution in [1.29, 1.82) is 0 Å². The van der Waals surface area contributed by atoms with Gasteiger partial charge in [0.05, 0.1) is 0 Å². The molecule has 5 nitrogen and oxygen atoms in total. The molecular formula is C19H20O5. The second kappa shape index (κ2) is 6.83. The van der Waals surface area contributed by atoms with Crippen molar-refractivity contribution in [3.8, 4) is 0 Å². The zero-order chi connectivity index (χ0) is 18.0. The second-order valence-corrected chi connectivity index (χ2v) is 5.93. The van der Waals surface area contributed by atoms with E-state index in [1.165, 1.54) is 13.0 Å². The Morgan fingerprint density at radius 1 is 0.917 bits per heavy atom. The molecule has 0 aliphatic heterocycles. The number of hydrogen-bond donors (Lipinski definition) is 0. The topological polar surface area (TPSA) is 73.6 Å². The van der Waals surface area contributed by atoms with E-state index in [0.29, 0.717) is 11.1 Å². The summed E-state index contributed by atoms with van der Waals surface area (Å²) in [4.78, 5) is 35.8. The molecule has 0 radical (unpaired) electrons. The number of carbonyl (C=O) groups is 2. The monoisotopic (exact) mass is 328 g/mol. The first kappa shape index (κ1) is 17.7. The van der Waals surface area contributed by atoms with Gasteiger partial charge in [-0.25, -0.2) is 9.59 Å². The van der Waals surface area contributed by atoms with Crippen LogP contribution in [0.15, 0.2) is 27.4 Å². The standard InChI is InChI=1S/C19H20O5/c1-10-6-12(3)15(7-11(10)2)16(20)9-23-19(22)18-13(4)8-17(21)24-14(18)5/h6-8H,9H2,1-5H3. The van der Waals surface area contributed by atoms with Gasteiger partial charge in [-0.1, -0.05) is 6.07 Å². The number of benzene rings is 1. The van der Waals surface area contributed by atoms with Gasteiger partial charge in [0.15, 0.2) is 6.61 Å². The van der Waals surface area contributed by atoms with Gasteiger partial charge in [-0.2, -0.15) is 0 Å². The van der Waals surface area contributed by atoms with Crippen LogP contribution in [0.5, 0.6) is 0 Å². The van der Waals surface area contributed by atoms with Crippen molar-refractivity contribution in [1.82, 2.24) is 0 Å². The number of Topliss-reactive ketones (excluding diaryl/α,β-unsaturated/α-hetero) is 1. The smallest absolute Gasteiger partial charge is 0.342 e. The Balaban J connectivity index is 2.17. The Morgan fingerprint density at radius 2 is 1.54 bits per heavy atom. The van der Waals surface area contributed by atoms with Gasteiger partial charge in [0, 0.05) is 11.6 Å². The molecule has 0 saturated heterocycles. The molecule has 0 bridgehead atoms. The second-order valence-electron chi connectivity index (χ2n) is 5.93. The zero-order valence-electron chi connectivity index (χ0n) is 14.5. The highest BCUT2D eigenvalue weighted by Crippen LogP contribution is 2.17. The maximum absolute atomic E-state index is 12.3. The molecule has 0 N–H and O–H groups in total. The lowest BCUT2D eigenvalue weighted by Crippen LogP contribution is -2.18. The van der Waals surface area contributed by atoms with E-state index in [2.05, 4.69) is 0 Å². The minimum atomic E-state index is -0.677. The van der Waals surface area contributed by atoms with Crippen LogP contribution in [0.2, 0.25) is 0 Å². The highest BCUT2D eigenvalue weighted by molar-refractivity contribution is 6.01. The fourth-order valence-electron chi connectivity index (χ4n) is 2.60. The lowest BCUT2D eigenvalue weighted by molar-refractivity contribution is 0.0469. The summed E-state index contributed by atoms with van der Waals surface area (Å²) in [5, 5.41) is 0. The van der Waals surface area contributed by atoms with Crippen LogP contribution in [0.1, 0.15) is 48.7 Å². The largest absolute Gasteiger partial charge is 0.454 e. The quantitative estimate of drug-likeness (QED) is 0.636. The molecule has 0 amide bonds.